The van der Waals surface area contributed by atoms with E-state index in [-0.39, 0.29) is 26.8 Å². The van der Waals surface area contributed by atoms with Gasteiger partial charge in [-0.1, -0.05) is 47.5 Å². The van der Waals surface area contributed by atoms with Gasteiger partial charge in [0.1, 0.15) is 19.0 Å². The Balaban J connectivity index is -0.000000416. The van der Waals surface area contributed by atoms with Crippen molar-refractivity contribution < 1.29 is 63.2 Å². The summed E-state index contributed by atoms with van der Waals surface area (Å²) in [6, 6.07) is 10.0. The van der Waals surface area contributed by atoms with Crippen LogP contribution in [0, 0.1) is 39.5 Å². The van der Waals surface area contributed by atoms with Crippen molar-refractivity contribution in [3.8, 4) is 0 Å². The minimum absolute atomic E-state index is 0. The fourth-order valence-corrected chi connectivity index (χ4v) is 3.27. The molecule has 1 aromatic rings. The van der Waals surface area contributed by atoms with Crippen LogP contribution in [0.2, 0.25) is 0 Å². The quantitative estimate of drug-likeness (QED) is 0.213. The number of benzene rings is 1. The Morgan fingerprint density at radius 1 is 0.917 bits per heavy atom. The molecule has 0 radical (unpaired) electrons. The van der Waals surface area contributed by atoms with Gasteiger partial charge in [0.2, 0.25) is 0 Å². The van der Waals surface area contributed by atoms with Crippen molar-refractivity contribution in [1.29, 1.82) is 0 Å². The van der Waals surface area contributed by atoms with Crippen LogP contribution in [0.15, 0.2) is 42.0 Å². The fourth-order valence-electron chi connectivity index (χ4n) is 3.27. The van der Waals surface area contributed by atoms with Crippen LogP contribution < -0.4 is 0 Å². The van der Waals surface area contributed by atoms with Gasteiger partial charge in [0.25, 0.3) is 0 Å². The predicted molar refractivity (Wildman–Crippen MR) is 117 cm³/mol. The number of ether oxygens (including phenoxy) is 2. The van der Waals surface area contributed by atoms with Gasteiger partial charge in [-0.25, -0.2) is 0 Å². The van der Waals surface area contributed by atoms with Crippen LogP contribution in [0.4, 0.5) is 0 Å². The molecule has 0 bridgehead atoms. The van der Waals surface area contributed by atoms with Crippen molar-refractivity contribution in [2.45, 2.75) is 26.2 Å². The van der Waals surface area contributed by atoms with E-state index in [2.05, 4.69) is 44.1 Å². The monoisotopic (exact) mass is 663 g/mol. The summed E-state index contributed by atoms with van der Waals surface area (Å²) in [7, 11) is 0. The third-order valence-corrected chi connectivity index (χ3v) is 4.50. The second-order valence-electron chi connectivity index (χ2n) is 6.20. The van der Waals surface area contributed by atoms with Gasteiger partial charge in [-0.15, -0.1) is 5.57 Å². The molecule has 0 aromatic heterocycles. The minimum atomic E-state index is 0. The molecule has 1 fully saturated rings. The molecule has 1 heterocycles. The Morgan fingerprint density at radius 2 is 1.44 bits per heavy atom. The van der Waals surface area contributed by atoms with Gasteiger partial charge in [0.05, 0.1) is 12.3 Å². The third kappa shape index (κ3) is 15.2. The van der Waals surface area contributed by atoms with Crippen LogP contribution in [-0.2, 0) is 58.6 Å². The van der Waals surface area contributed by atoms with E-state index in [1.807, 2.05) is 37.3 Å². The van der Waals surface area contributed by atoms with E-state index in [4.69, 9.17) is 32.7 Å². The predicted octanol–water partition coefficient (Wildman–Crippen LogP) is 2.84. The molecule has 188 valence electrons. The summed E-state index contributed by atoms with van der Waals surface area (Å²) in [6.45, 7) is 28.2. The summed E-state index contributed by atoms with van der Waals surface area (Å²) < 4.78 is 50.9. The van der Waals surface area contributed by atoms with Crippen molar-refractivity contribution in [1.82, 2.24) is 0 Å². The summed E-state index contributed by atoms with van der Waals surface area (Å²) in [5, 5.41) is 0. The zero-order valence-electron chi connectivity index (χ0n) is 19.7. The van der Waals surface area contributed by atoms with Crippen LogP contribution in [0.25, 0.3) is 5.57 Å². The van der Waals surface area contributed by atoms with E-state index in [1.54, 1.807) is 6.08 Å². The first kappa shape index (κ1) is 40.4. The molecule has 9 nitrogen and oxygen atoms in total. The summed E-state index contributed by atoms with van der Waals surface area (Å²) in [5.74, 6) is 0.163. The number of carbonyl (C=O) groups is 1. The average Bonchev–Trinajstić information content (AvgIpc) is 2.96. The standard InChI is InChI=1S/C21H25NO3.5CO.W/c1-2-24-16-20-19(17-7-4-3-5-8-17)15-18(23)9-6-10-21(20)22-11-13-25-14-12-22;5*1-2;/h3-5,7-8,15H,2,6,9-14H2,1H3;;;;;;/b19-15-;;;;;;. The maximum atomic E-state index is 12.3. The smallest absolute Gasteiger partial charge is 0 e. The number of allylic oxidation sites excluding steroid dienone is 3. The molecule has 10 heteroatoms. The number of hydrogen-bond donors (Lipinski definition) is 0. The van der Waals surface area contributed by atoms with Crippen molar-refractivity contribution in [2.75, 3.05) is 32.9 Å². The molecule has 1 aliphatic heterocycles. The maximum absolute atomic E-state index is 12.3. The van der Waals surface area contributed by atoms with Gasteiger partial charge in [0, 0.05) is 33.7 Å². The molecule has 0 N–H and O–H groups in total. The molecule has 2 aliphatic rings. The second-order valence-corrected chi connectivity index (χ2v) is 6.20. The molecular formula is C26H25NO8W. The first-order valence-corrected chi connectivity index (χ1v) is 10.1. The van der Waals surface area contributed by atoms with Crippen LogP contribution in [0.5, 0.6) is 0 Å². The number of hydrogen-bond acceptors (Lipinski definition) is 3. The van der Waals surface area contributed by atoms with Crippen LogP contribution >= 0.6 is 0 Å². The number of rotatable bonds is 3. The van der Waals surface area contributed by atoms with Crippen LogP contribution in [0.3, 0.4) is 0 Å². The van der Waals surface area contributed by atoms with Gasteiger partial charge in [-0.05, 0) is 19.8 Å². The first-order valence-electron chi connectivity index (χ1n) is 10.1. The Kier molecular flexibility index (Phi) is 33.9. The first-order chi connectivity index (χ1) is 17.3. The van der Waals surface area contributed by atoms with Crippen molar-refractivity contribution in [3.05, 3.63) is 87.1 Å². The Morgan fingerprint density at radius 3 is 1.94 bits per heavy atom. The number of ketones is 1. The van der Waals surface area contributed by atoms with Gasteiger partial charge >= 0.3 is 56.5 Å². The fraction of sp³-hybridized carbons (Fsp3) is 0.346. The number of nitrogens with zero attached hydrogens (tertiary/aromatic N) is 1. The topological polar surface area (TPSA) is 138 Å². The Bertz CT molecular complexity index is 882. The largest absolute Gasteiger partial charge is 0 e. The molecule has 0 amide bonds. The summed E-state index contributed by atoms with van der Waals surface area (Å²) in [6.07, 6.45) is 7.17. The van der Waals surface area contributed by atoms with Gasteiger partial charge in [0.15, 0.2) is 13.1 Å². The molecule has 3 rings (SSSR count). The molecule has 0 spiro atoms. The Hall–Kier alpha value is -2.81. The number of morpholine rings is 1. The minimum Gasteiger partial charge on any atom is 0 e. The SMILES string of the molecule is CCO[C-]=C1C(=[N+]2CCOCC2)CCCC(=O)/C=C\1c1ccccc1.[C-]#[O+].[C-]#[O+].[C-]#[O+].[C-]#[O+].[C-]#[O+].[W]. The molecule has 1 aromatic carbocycles. The van der Waals surface area contributed by atoms with E-state index < -0.39 is 0 Å². The van der Waals surface area contributed by atoms with Crippen LogP contribution in [-0.4, -0.2) is 49.0 Å². The third-order valence-electron chi connectivity index (χ3n) is 4.50. The van der Waals surface area contributed by atoms with E-state index in [9.17, 15) is 4.79 Å². The second kappa shape index (κ2) is 30.2. The molecular weight excluding hydrogens is 638 g/mol. The zero-order valence-corrected chi connectivity index (χ0v) is 22.7. The molecule has 1 saturated heterocycles. The average molecular weight is 663 g/mol. The van der Waals surface area contributed by atoms with Gasteiger partial charge < -0.3 is 9.47 Å². The normalized spacial score (nSPS) is 16.2. The van der Waals surface area contributed by atoms with Crippen molar-refractivity contribution >= 4 is 17.1 Å². The zero-order chi connectivity index (χ0) is 27.5. The van der Waals surface area contributed by atoms with E-state index in [0.717, 1.165) is 55.9 Å². The van der Waals surface area contributed by atoms with Gasteiger partial charge in [-0.3, -0.25) is 9.37 Å². The van der Waals surface area contributed by atoms with E-state index in [0.29, 0.717) is 13.0 Å². The summed E-state index contributed by atoms with van der Waals surface area (Å²) in [4.78, 5) is 12.3. The molecule has 0 atom stereocenters. The van der Waals surface area contributed by atoms with Crippen molar-refractivity contribution in [2.24, 2.45) is 0 Å². The summed E-state index contributed by atoms with van der Waals surface area (Å²) >= 11 is 0. The van der Waals surface area contributed by atoms with Crippen molar-refractivity contribution in [3.63, 3.8) is 0 Å². The molecule has 1 aliphatic carbocycles. The maximum Gasteiger partial charge on any atom is 0 e. The van der Waals surface area contributed by atoms with E-state index in [1.165, 1.54) is 5.71 Å². The summed E-state index contributed by atoms with van der Waals surface area (Å²) in [5.41, 5.74) is 4.04. The molecule has 0 saturated carbocycles. The van der Waals surface area contributed by atoms with E-state index >= 15 is 0 Å². The van der Waals surface area contributed by atoms with Gasteiger partial charge in [-0.2, -0.15) is 0 Å². The number of carbonyl (C=O) groups excluding carboxylic acids is 1. The Labute approximate surface area is 226 Å². The molecule has 36 heavy (non-hydrogen) atoms. The molecule has 0 unspecified atom stereocenters. The van der Waals surface area contributed by atoms with Crippen LogP contribution in [0.1, 0.15) is 31.7 Å².